The van der Waals surface area contributed by atoms with Gasteiger partial charge in [-0.15, -0.1) is 0 Å². The highest BCUT2D eigenvalue weighted by Gasteiger charge is 2.65. The fourth-order valence-corrected chi connectivity index (χ4v) is 3.54. The Morgan fingerprint density at radius 2 is 1.72 bits per heavy atom. The number of aliphatic hydroxyl groups is 1. The molecule has 0 saturated carbocycles. The predicted octanol–water partition coefficient (Wildman–Crippen LogP) is 1.10. The number of carbonyl (C=O) groups excluding carboxylic acids is 3. The number of ketones is 1. The summed E-state index contributed by atoms with van der Waals surface area (Å²) in [6, 6.07) is 5.29. The normalized spacial score (nSPS) is 21.9. The van der Waals surface area contributed by atoms with E-state index < -0.39 is 58.3 Å². The summed E-state index contributed by atoms with van der Waals surface area (Å²) in [4.78, 5) is 36.9. The van der Waals surface area contributed by atoms with Crippen LogP contribution in [0.2, 0.25) is 0 Å². The number of hydrogen-bond donors (Lipinski definition) is 4. The van der Waals surface area contributed by atoms with Gasteiger partial charge in [0.2, 0.25) is 11.4 Å². The number of esters is 2. The van der Waals surface area contributed by atoms with Crippen molar-refractivity contribution in [3.05, 3.63) is 41.5 Å². The van der Waals surface area contributed by atoms with E-state index >= 15 is 0 Å². The van der Waals surface area contributed by atoms with Gasteiger partial charge in [-0.2, -0.15) is 0 Å². The molecule has 32 heavy (non-hydrogen) atoms. The Morgan fingerprint density at radius 1 is 1.03 bits per heavy atom. The largest absolute Gasteiger partial charge is 0.507 e. The Bertz CT molecular complexity index is 1110. The lowest BCUT2D eigenvalue weighted by molar-refractivity contribution is -0.268. The van der Waals surface area contributed by atoms with Crippen molar-refractivity contribution < 1.29 is 53.8 Å². The minimum Gasteiger partial charge on any atom is -0.507 e. The molecule has 1 heterocycles. The number of methoxy groups -OCH3 is 2. The molecule has 1 aliphatic heterocycles. The molecule has 0 amide bonds. The summed E-state index contributed by atoms with van der Waals surface area (Å²) in [5.74, 6) is -7.66. The van der Waals surface area contributed by atoms with E-state index in [-0.39, 0.29) is 17.1 Å². The molecule has 0 unspecified atom stereocenters. The highest BCUT2D eigenvalue weighted by atomic mass is 16.7. The number of benzene rings is 2. The van der Waals surface area contributed by atoms with Gasteiger partial charge in [-0.25, -0.2) is 0 Å². The van der Waals surface area contributed by atoms with E-state index in [1.54, 1.807) is 0 Å². The van der Waals surface area contributed by atoms with Crippen molar-refractivity contribution in [2.24, 2.45) is 0 Å². The monoisotopic (exact) mass is 448 g/mol. The van der Waals surface area contributed by atoms with E-state index in [4.69, 9.17) is 14.2 Å². The van der Waals surface area contributed by atoms with Gasteiger partial charge in [0.25, 0.3) is 5.79 Å². The third kappa shape index (κ3) is 3.47. The molecule has 2 aromatic carbocycles. The maximum atomic E-state index is 13.4. The number of phenols is 3. The molecular weight excluding hydrogens is 428 g/mol. The van der Waals surface area contributed by atoms with Crippen LogP contribution in [0.1, 0.15) is 29.3 Å². The van der Waals surface area contributed by atoms with Crippen molar-refractivity contribution in [3.63, 3.8) is 0 Å². The number of Topliss-reactive ketones (excluding diaryl/α,β-unsaturated/α-hetero) is 1. The average molecular weight is 448 g/mol. The lowest BCUT2D eigenvalue weighted by Crippen LogP contribution is -2.64. The lowest BCUT2D eigenvalue weighted by atomic mass is 9.76. The van der Waals surface area contributed by atoms with Crippen molar-refractivity contribution in [1.29, 1.82) is 0 Å². The first-order valence-electron chi connectivity index (χ1n) is 9.15. The minimum absolute atomic E-state index is 0.155. The highest BCUT2D eigenvalue weighted by Crippen LogP contribution is 2.52. The van der Waals surface area contributed by atoms with Crippen LogP contribution in [-0.4, -0.2) is 58.0 Å². The number of phenolic OH excluding ortho intramolecular Hbond substituents is 3. The first-order valence-corrected chi connectivity index (χ1v) is 9.15. The van der Waals surface area contributed by atoms with Crippen LogP contribution < -0.4 is 9.47 Å². The summed E-state index contributed by atoms with van der Waals surface area (Å²) in [6.07, 6.45) is -0.956. The third-order valence-electron chi connectivity index (χ3n) is 4.99. The van der Waals surface area contributed by atoms with Crippen LogP contribution in [0.15, 0.2) is 30.3 Å². The molecule has 3 rings (SSSR count). The summed E-state index contributed by atoms with van der Waals surface area (Å²) < 4.78 is 20.8. The number of rotatable bonds is 5. The fraction of sp³-hybridized carbons (Fsp3) is 0.286. The van der Waals surface area contributed by atoms with Gasteiger partial charge in [0.15, 0.2) is 11.5 Å². The summed E-state index contributed by atoms with van der Waals surface area (Å²) >= 11 is 0. The molecule has 0 bridgehead atoms. The average Bonchev–Trinajstić information content (AvgIpc) is 2.72. The number of ether oxygens (including phenoxy) is 4. The second kappa shape index (κ2) is 8.02. The molecule has 11 nitrogen and oxygen atoms in total. The van der Waals surface area contributed by atoms with Gasteiger partial charge in [0, 0.05) is 31.7 Å². The van der Waals surface area contributed by atoms with Gasteiger partial charge >= 0.3 is 11.9 Å². The Balaban J connectivity index is 2.32. The van der Waals surface area contributed by atoms with Crippen LogP contribution in [0, 0.1) is 0 Å². The van der Waals surface area contributed by atoms with Crippen molar-refractivity contribution >= 4 is 17.7 Å². The van der Waals surface area contributed by atoms with E-state index in [1.165, 1.54) is 6.07 Å². The Kier molecular flexibility index (Phi) is 5.73. The van der Waals surface area contributed by atoms with Crippen LogP contribution in [0.4, 0.5) is 0 Å². The van der Waals surface area contributed by atoms with Gasteiger partial charge < -0.3 is 39.4 Å². The van der Waals surface area contributed by atoms with Gasteiger partial charge in [0.05, 0.1) is 13.5 Å². The number of carbonyl (C=O) groups is 3. The van der Waals surface area contributed by atoms with E-state index in [2.05, 4.69) is 4.74 Å². The lowest BCUT2D eigenvalue weighted by Gasteiger charge is -2.47. The first kappa shape index (κ1) is 22.8. The second-order valence-corrected chi connectivity index (χ2v) is 6.98. The van der Waals surface area contributed by atoms with Crippen molar-refractivity contribution in [3.8, 4) is 28.7 Å². The van der Waals surface area contributed by atoms with Crippen LogP contribution in [0.25, 0.3) is 0 Å². The summed E-state index contributed by atoms with van der Waals surface area (Å²) in [5.41, 5.74) is -3.44. The Morgan fingerprint density at radius 3 is 2.28 bits per heavy atom. The molecule has 4 N–H and O–H groups in total. The number of hydrogen-bond acceptors (Lipinski definition) is 11. The Labute approximate surface area is 181 Å². The molecule has 170 valence electrons. The molecule has 0 spiro atoms. The summed E-state index contributed by atoms with van der Waals surface area (Å²) in [7, 11) is 2.11. The maximum absolute atomic E-state index is 13.4. The maximum Gasteiger partial charge on any atom is 0.309 e. The summed E-state index contributed by atoms with van der Waals surface area (Å²) in [6.45, 7) is 1.12. The minimum atomic E-state index is -2.79. The SMILES string of the molecule is COC(=O)C[C@]1(O)C(=O)c2c(O)cc(OC(C)=O)cc2O[C@]1(OC)c1ccc(O)c(O)c1. The molecule has 0 radical (unpaired) electrons. The fourth-order valence-electron chi connectivity index (χ4n) is 3.54. The van der Waals surface area contributed by atoms with Crippen molar-refractivity contribution in [2.45, 2.75) is 24.7 Å². The van der Waals surface area contributed by atoms with Gasteiger partial charge in [-0.05, 0) is 18.2 Å². The Hall–Kier alpha value is -3.83. The van der Waals surface area contributed by atoms with Crippen molar-refractivity contribution in [1.82, 2.24) is 0 Å². The quantitative estimate of drug-likeness (QED) is 0.293. The van der Waals surface area contributed by atoms with Crippen molar-refractivity contribution in [2.75, 3.05) is 14.2 Å². The molecule has 1 aliphatic rings. The van der Waals surface area contributed by atoms with Crippen LogP contribution in [-0.2, 0) is 24.8 Å². The first-order chi connectivity index (χ1) is 15.0. The molecule has 0 aromatic heterocycles. The van der Waals surface area contributed by atoms with Crippen LogP contribution in [0.3, 0.4) is 0 Å². The van der Waals surface area contributed by atoms with Gasteiger partial charge in [0.1, 0.15) is 22.8 Å². The van der Waals surface area contributed by atoms with Crippen LogP contribution in [0.5, 0.6) is 28.7 Å². The predicted molar refractivity (Wildman–Crippen MR) is 104 cm³/mol. The molecule has 11 heteroatoms. The van der Waals surface area contributed by atoms with Gasteiger partial charge in [-0.3, -0.25) is 14.4 Å². The molecular formula is C21H20O11. The summed E-state index contributed by atoms with van der Waals surface area (Å²) in [5, 5.41) is 41.5. The third-order valence-corrected chi connectivity index (χ3v) is 4.99. The second-order valence-electron chi connectivity index (χ2n) is 6.98. The van der Waals surface area contributed by atoms with Gasteiger partial charge in [-0.1, -0.05) is 0 Å². The molecule has 0 fully saturated rings. The zero-order valence-corrected chi connectivity index (χ0v) is 17.2. The molecule has 0 aliphatic carbocycles. The molecule has 2 aromatic rings. The smallest absolute Gasteiger partial charge is 0.309 e. The zero-order valence-electron chi connectivity index (χ0n) is 17.2. The highest BCUT2D eigenvalue weighted by molar-refractivity contribution is 6.10. The number of fused-ring (bicyclic) bond motifs is 1. The van der Waals surface area contributed by atoms with E-state index in [0.29, 0.717) is 0 Å². The zero-order chi connectivity index (χ0) is 23.8. The topological polar surface area (TPSA) is 169 Å². The van der Waals surface area contributed by atoms with Crippen LogP contribution >= 0.6 is 0 Å². The van der Waals surface area contributed by atoms with E-state index in [1.807, 2.05) is 0 Å². The van der Waals surface area contributed by atoms with E-state index in [9.17, 15) is 34.8 Å². The van der Waals surface area contributed by atoms with E-state index in [0.717, 1.165) is 45.4 Å². The standard InChI is InChI=1S/C21H20O11/c1-10(22)31-12-7-15(25)18-16(8-12)32-21(30-3,11-4-5-13(23)14(24)6-11)20(28,19(18)27)9-17(26)29-2/h4-8,23-25,28H,9H2,1-3H3/t20-,21+/m0/s1. The molecule has 2 atom stereocenters. The molecule has 0 saturated heterocycles. The number of aromatic hydroxyl groups is 3.